The van der Waals surface area contributed by atoms with Gasteiger partial charge < -0.3 is 4.52 Å². The number of aryl methyl sites for hydroxylation is 1. The lowest BCUT2D eigenvalue weighted by molar-refractivity contribution is 0.454. The molecule has 3 heteroatoms. The SMILES string of the molecule is Cc1cc2cnoc2cc1F. The molecule has 0 atom stereocenters. The lowest BCUT2D eigenvalue weighted by atomic mass is 10.2. The van der Waals surface area contributed by atoms with E-state index in [0.29, 0.717) is 11.1 Å². The van der Waals surface area contributed by atoms with Crippen LogP contribution in [0.25, 0.3) is 11.0 Å². The van der Waals surface area contributed by atoms with Crippen LogP contribution in [0.4, 0.5) is 4.39 Å². The molecule has 0 unspecified atom stereocenters. The summed E-state index contributed by atoms with van der Waals surface area (Å²) in [5.74, 6) is -0.255. The first-order chi connectivity index (χ1) is 5.27. The van der Waals surface area contributed by atoms with Crippen molar-refractivity contribution in [2.24, 2.45) is 0 Å². The Kier molecular flexibility index (Phi) is 1.18. The lowest BCUT2D eigenvalue weighted by Gasteiger charge is -1.92. The van der Waals surface area contributed by atoms with Gasteiger partial charge in [0.1, 0.15) is 5.82 Å². The minimum atomic E-state index is -0.255. The Labute approximate surface area is 62.6 Å². The van der Waals surface area contributed by atoms with Crippen molar-refractivity contribution < 1.29 is 8.91 Å². The number of hydrogen-bond donors (Lipinski definition) is 0. The van der Waals surface area contributed by atoms with Gasteiger partial charge in [-0.05, 0) is 18.6 Å². The van der Waals surface area contributed by atoms with E-state index in [1.165, 1.54) is 6.07 Å². The molecular weight excluding hydrogens is 145 g/mol. The maximum atomic E-state index is 12.8. The molecule has 0 saturated heterocycles. The Morgan fingerprint density at radius 3 is 3.09 bits per heavy atom. The monoisotopic (exact) mass is 151 g/mol. The highest BCUT2D eigenvalue weighted by atomic mass is 19.1. The molecule has 2 nitrogen and oxygen atoms in total. The van der Waals surface area contributed by atoms with Gasteiger partial charge in [-0.3, -0.25) is 0 Å². The normalized spacial score (nSPS) is 10.7. The zero-order chi connectivity index (χ0) is 7.84. The molecule has 56 valence electrons. The first-order valence-corrected chi connectivity index (χ1v) is 3.28. The zero-order valence-corrected chi connectivity index (χ0v) is 5.97. The maximum absolute atomic E-state index is 12.8. The first-order valence-electron chi connectivity index (χ1n) is 3.28. The Bertz CT molecular complexity index is 358. The molecule has 1 aromatic carbocycles. The molecule has 0 bridgehead atoms. The van der Waals surface area contributed by atoms with Gasteiger partial charge >= 0.3 is 0 Å². The highest BCUT2D eigenvalue weighted by molar-refractivity contribution is 5.76. The molecule has 0 N–H and O–H groups in total. The molecular formula is C8H6FNO. The maximum Gasteiger partial charge on any atom is 0.169 e. The van der Waals surface area contributed by atoms with E-state index in [2.05, 4.69) is 5.16 Å². The Balaban J connectivity index is 2.86. The molecule has 0 aliphatic rings. The fourth-order valence-electron chi connectivity index (χ4n) is 1.01. The molecule has 1 heterocycles. The van der Waals surface area contributed by atoms with Gasteiger partial charge in [0.2, 0.25) is 0 Å². The summed E-state index contributed by atoms with van der Waals surface area (Å²) < 4.78 is 17.6. The van der Waals surface area contributed by atoms with Crippen LogP contribution in [0.2, 0.25) is 0 Å². The molecule has 0 aliphatic carbocycles. The van der Waals surface area contributed by atoms with Crippen molar-refractivity contribution in [1.29, 1.82) is 0 Å². The smallest absolute Gasteiger partial charge is 0.169 e. The van der Waals surface area contributed by atoms with E-state index < -0.39 is 0 Å². The van der Waals surface area contributed by atoms with Crippen LogP contribution in [-0.4, -0.2) is 5.16 Å². The minimum Gasteiger partial charge on any atom is -0.356 e. The number of fused-ring (bicyclic) bond motifs is 1. The second-order valence-electron chi connectivity index (χ2n) is 2.47. The highest BCUT2D eigenvalue weighted by Gasteiger charge is 2.02. The summed E-state index contributed by atoms with van der Waals surface area (Å²) >= 11 is 0. The number of aromatic nitrogens is 1. The van der Waals surface area contributed by atoms with Crippen LogP contribution in [-0.2, 0) is 0 Å². The summed E-state index contributed by atoms with van der Waals surface area (Å²) in [7, 11) is 0. The zero-order valence-electron chi connectivity index (χ0n) is 5.97. The summed E-state index contributed by atoms with van der Waals surface area (Å²) in [5, 5.41) is 4.38. The molecule has 0 spiro atoms. The predicted molar refractivity (Wildman–Crippen MR) is 38.7 cm³/mol. The third kappa shape index (κ3) is 0.888. The fourth-order valence-corrected chi connectivity index (χ4v) is 1.01. The van der Waals surface area contributed by atoms with Gasteiger partial charge in [-0.2, -0.15) is 0 Å². The van der Waals surface area contributed by atoms with Crippen molar-refractivity contribution in [3.63, 3.8) is 0 Å². The van der Waals surface area contributed by atoms with Crippen molar-refractivity contribution in [2.45, 2.75) is 6.92 Å². The summed E-state index contributed by atoms with van der Waals surface area (Å²) in [6.45, 7) is 1.71. The first kappa shape index (κ1) is 6.34. The van der Waals surface area contributed by atoms with Gasteiger partial charge in [-0.25, -0.2) is 4.39 Å². The molecule has 11 heavy (non-hydrogen) atoms. The van der Waals surface area contributed by atoms with Gasteiger partial charge in [-0.15, -0.1) is 0 Å². The van der Waals surface area contributed by atoms with Crippen molar-refractivity contribution in [2.75, 3.05) is 0 Å². The second-order valence-corrected chi connectivity index (χ2v) is 2.47. The molecule has 2 rings (SSSR count). The van der Waals surface area contributed by atoms with Gasteiger partial charge in [0.15, 0.2) is 5.58 Å². The van der Waals surface area contributed by atoms with Crippen LogP contribution in [0.1, 0.15) is 5.56 Å². The quantitative estimate of drug-likeness (QED) is 0.577. The number of benzene rings is 1. The van der Waals surface area contributed by atoms with Crippen LogP contribution in [0.3, 0.4) is 0 Å². The second kappa shape index (κ2) is 2.05. The molecule has 0 amide bonds. The van der Waals surface area contributed by atoms with E-state index in [1.54, 1.807) is 19.2 Å². The van der Waals surface area contributed by atoms with Crippen LogP contribution < -0.4 is 0 Å². The molecule has 0 saturated carbocycles. The fraction of sp³-hybridized carbons (Fsp3) is 0.125. The molecule has 2 aromatic rings. The molecule has 0 aliphatic heterocycles. The van der Waals surface area contributed by atoms with Gasteiger partial charge in [0.05, 0.1) is 6.20 Å². The highest BCUT2D eigenvalue weighted by Crippen LogP contribution is 2.17. The van der Waals surface area contributed by atoms with E-state index in [1.807, 2.05) is 0 Å². The van der Waals surface area contributed by atoms with E-state index >= 15 is 0 Å². The van der Waals surface area contributed by atoms with Crippen molar-refractivity contribution >= 4 is 11.0 Å². The molecule has 0 fully saturated rings. The summed E-state index contributed by atoms with van der Waals surface area (Å²) in [4.78, 5) is 0. The van der Waals surface area contributed by atoms with Gasteiger partial charge in [0, 0.05) is 11.5 Å². The number of rotatable bonds is 0. The average Bonchev–Trinajstić information content (AvgIpc) is 2.36. The third-order valence-electron chi connectivity index (χ3n) is 1.63. The summed E-state index contributed by atoms with van der Waals surface area (Å²) in [6, 6.07) is 3.05. The standard InChI is InChI=1S/C8H6FNO/c1-5-2-6-4-10-11-8(6)3-7(5)9/h2-4H,1H3. The lowest BCUT2D eigenvalue weighted by Crippen LogP contribution is -1.79. The number of hydrogen-bond acceptors (Lipinski definition) is 2. The predicted octanol–water partition coefficient (Wildman–Crippen LogP) is 2.28. The Hall–Kier alpha value is -1.38. The van der Waals surface area contributed by atoms with E-state index in [9.17, 15) is 4.39 Å². The van der Waals surface area contributed by atoms with E-state index in [4.69, 9.17) is 4.52 Å². The van der Waals surface area contributed by atoms with Crippen LogP contribution >= 0.6 is 0 Å². The van der Waals surface area contributed by atoms with Crippen molar-refractivity contribution in [1.82, 2.24) is 5.16 Å². The van der Waals surface area contributed by atoms with Gasteiger partial charge in [-0.1, -0.05) is 5.16 Å². The van der Waals surface area contributed by atoms with Crippen LogP contribution in [0, 0.1) is 12.7 Å². The van der Waals surface area contributed by atoms with Gasteiger partial charge in [0.25, 0.3) is 0 Å². The van der Waals surface area contributed by atoms with E-state index in [0.717, 1.165) is 5.39 Å². The van der Waals surface area contributed by atoms with Crippen LogP contribution in [0.15, 0.2) is 22.9 Å². The molecule has 0 radical (unpaired) electrons. The summed E-state index contributed by atoms with van der Waals surface area (Å²) in [6.07, 6.45) is 1.57. The van der Waals surface area contributed by atoms with Crippen molar-refractivity contribution in [3.8, 4) is 0 Å². The Morgan fingerprint density at radius 1 is 1.45 bits per heavy atom. The number of nitrogens with zero attached hydrogens (tertiary/aromatic N) is 1. The topological polar surface area (TPSA) is 26.0 Å². The average molecular weight is 151 g/mol. The number of halogens is 1. The largest absolute Gasteiger partial charge is 0.356 e. The third-order valence-corrected chi connectivity index (χ3v) is 1.63. The molecule has 1 aromatic heterocycles. The minimum absolute atomic E-state index is 0.255. The Morgan fingerprint density at radius 2 is 2.27 bits per heavy atom. The van der Waals surface area contributed by atoms with Crippen molar-refractivity contribution in [3.05, 3.63) is 29.7 Å². The van der Waals surface area contributed by atoms with E-state index in [-0.39, 0.29) is 5.82 Å². The van der Waals surface area contributed by atoms with Crippen LogP contribution in [0.5, 0.6) is 0 Å². The summed E-state index contributed by atoms with van der Waals surface area (Å²) in [5.41, 5.74) is 1.11.